The largest absolute Gasteiger partial charge is 0.385 e. The number of aromatic nitrogens is 2. The van der Waals surface area contributed by atoms with E-state index in [0.29, 0.717) is 5.69 Å². The van der Waals surface area contributed by atoms with Crippen LogP contribution in [0.25, 0.3) is 0 Å². The molecule has 3 N–H and O–H groups in total. The molecule has 0 fully saturated rings. The summed E-state index contributed by atoms with van der Waals surface area (Å²) in [6, 6.07) is 1.78. The van der Waals surface area contributed by atoms with Crippen molar-refractivity contribution in [3.63, 3.8) is 0 Å². The van der Waals surface area contributed by atoms with Crippen molar-refractivity contribution in [1.82, 2.24) is 9.97 Å². The molecule has 0 saturated carbocycles. The van der Waals surface area contributed by atoms with E-state index >= 15 is 0 Å². The highest BCUT2D eigenvalue weighted by atomic mass is 16.3. The summed E-state index contributed by atoms with van der Waals surface area (Å²) in [6.45, 7) is 6.06. The first-order valence-corrected chi connectivity index (χ1v) is 5.17. The van der Waals surface area contributed by atoms with Crippen molar-refractivity contribution < 1.29 is 5.11 Å². The van der Waals surface area contributed by atoms with Crippen LogP contribution in [0.5, 0.6) is 0 Å². The van der Waals surface area contributed by atoms with Gasteiger partial charge in [0.05, 0.1) is 5.69 Å². The molecule has 15 heavy (non-hydrogen) atoms. The summed E-state index contributed by atoms with van der Waals surface area (Å²) in [7, 11) is 0. The van der Waals surface area contributed by atoms with E-state index in [1.807, 2.05) is 0 Å². The molecule has 0 aliphatic heterocycles. The second-order valence-corrected chi connectivity index (χ2v) is 3.22. The molecule has 1 atom stereocenters. The Morgan fingerprint density at radius 3 is 2.60 bits per heavy atom. The number of aliphatic hydroxyl groups excluding tert-OH is 1. The molecule has 0 aliphatic carbocycles. The van der Waals surface area contributed by atoms with Crippen LogP contribution in [0.3, 0.4) is 0 Å². The van der Waals surface area contributed by atoms with Crippen molar-refractivity contribution in [3.05, 3.63) is 18.1 Å². The fraction of sp³-hybridized carbons (Fsp3) is 0.600. The zero-order valence-electron chi connectivity index (χ0n) is 9.22. The zero-order valence-corrected chi connectivity index (χ0v) is 9.22. The topological polar surface area (TPSA) is 75.3 Å². The maximum Gasteiger partial charge on any atom is 0.132 e. The lowest BCUT2D eigenvalue weighted by Crippen LogP contribution is -2.23. The van der Waals surface area contributed by atoms with E-state index in [-0.39, 0.29) is 6.54 Å². The van der Waals surface area contributed by atoms with Gasteiger partial charge in [-0.25, -0.2) is 9.97 Å². The van der Waals surface area contributed by atoms with Crippen molar-refractivity contribution in [2.45, 2.75) is 20.0 Å². The molecule has 0 radical (unpaired) electrons. The summed E-state index contributed by atoms with van der Waals surface area (Å²) in [5.41, 5.74) is 5.95. The number of hydrogen-bond acceptors (Lipinski definition) is 5. The van der Waals surface area contributed by atoms with Gasteiger partial charge >= 0.3 is 0 Å². The molecule has 1 aromatic rings. The number of rotatable bonds is 5. The Morgan fingerprint density at radius 1 is 1.40 bits per heavy atom. The van der Waals surface area contributed by atoms with Crippen molar-refractivity contribution >= 4 is 5.82 Å². The first-order chi connectivity index (χ1) is 7.22. The molecule has 0 spiro atoms. The van der Waals surface area contributed by atoms with Gasteiger partial charge in [0.25, 0.3) is 0 Å². The minimum atomic E-state index is -0.706. The maximum atomic E-state index is 9.55. The van der Waals surface area contributed by atoms with Crippen LogP contribution in [-0.4, -0.2) is 34.7 Å². The lowest BCUT2D eigenvalue weighted by molar-refractivity contribution is 0.181. The Balaban J connectivity index is 2.91. The Morgan fingerprint density at radius 2 is 2.07 bits per heavy atom. The molecule has 84 valence electrons. The molecule has 0 aromatic carbocycles. The minimum absolute atomic E-state index is 0.175. The fourth-order valence-corrected chi connectivity index (χ4v) is 1.39. The molecule has 1 unspecified atom stereocenters. The standard InChI is InChI=1S/C10H18N4O/c1-3-14(4-2)10-5-8(9(15)6-11)12-7-13-10/h5,7,9,15H,3-4,6,11H2,1-2H3. The molecule has 5 nitrogen and oxygen atoms in total. The van der Waals surface area contributed by atoms with Crippen molar-refractivity contribution in [1.29, 1.82) is 0 Å². The Hall–Kier alpha value is -1.20. The van der Waals surface area contributed by atoms with Crippen LogP contribution in [0.1, 0.15) is 25.6 Å². The molecule has 0 saturated heterocycles. The van der Waals surface area contributed by atoms with Crippen molar-refractivity contribution in [2.24, 2.45) is 5.73 Å². The predicted octanol–water partition coefficient (Wildman–Crippen LogP) is 0.315. The SMILES string of the molecule is CCN(CC)c1cc(C(O)CN)ncn1. The Kier molecular flexibility index (Phi) is 4.45. The van der Waals surface area contributed by atoms with Gasteiger partial charge in [0.15, 0.2) is 0 Å². The summed E-state index contributed by atoms with van der Waals surface area (Å²) in [6.07, 6.45) is 0.754. The molecule has 0 aliphatic rings. The second-order valence-electron chi connectivity index (χ2n) is 3.22. The number of nitrogens with zero attached hydrogens (tertiary/aromatic N) is 3. The van der Waals surface area contributed by atoms with Gasteiger partial charge in [0.1, 0.15) is 18.2 Å². The molecule has 5 heteroatoms. The summed E-state index contributed by atoms with van der Waals surface area (Å²) in [5.74, 6) is 0.831. The number of nitrogens with two attached hydrogens (primary N) is 1. The van der Waals surface area contributed by atoms with Crippen molar-refractivity contribution in [2.75, 3.05) is 24.5 Å². The van der Waals surface area contributed by atoms with E-state index in [0.717, 1.165) is 18.9 Å². The van der Waals surface area contributed by atoms with Gasteiger partial charge < -0.3 is 15.7 Å². The van der Waals surface area contributed by atoms with Crippen LogP contribution in [0.4, 0.5) is 5.82 Å². The second kappa shape index (κ2) is 5.63. The average molecular weight is 210 g/mol. The van der Waals surface area contributed by atoms with Gasteiger partial charge in [0.2, 0.25) is 0 Å². The normalized spacial score (nSPS) is 12.5. The maximum absolute atomic E-state index is 9.55. The third-order valence-electron chi connectivity index (χ3n) is 2.33. The van der Waals surface area contributed by atoms with E-state index in [4.69, 9.17) is 5.73 Å². The number of hydrogen-bond donors (Lipinski definition) is 2. The first kappa shape index (κ1) is 11.9. The van der Waals surface area contributed by atoms with Crippen LogP contribution in [0.15, 0.2) is 12.4 Å². The van der Waals surface area contributed by atoms with Crippen LogP contribution in [-0.2, 0) is 0 Å². The first-order valence-electron chi connectivity index (χ1n) is 5.17. The van der Waals surface area contributed by atoms with Gasteiger partial charge in [-0.3, -0.25) is 0 Å². The summed E-state index contributed by atoms with van der Waals surface area (Å²) < 4.78 is 0. The van der Waals surface area contributed by atoms with Crippen LogP contribution >= 0.6 is 0 Å². The highest BCUT2D eigenvalue weighted by Crippen LogP contribution is 2.14. The Bertz CT molecular complexity index is 301. The molecular weight excluding hydrogens is 192 g/mol. The number of aliphatic hydroxyl groups is 1. The zero-order chi connectivity index (χ0) is 11.3. The third kappa shape index (κ3) is 2.87. The lowest BCUT2D eigenvalue weighted by Gasteiger charge is -2.20. The van der Waals surface area contributed by atoms with Gasteiger partial charge in [0, 0.05) is 25.7 Å². The highest BCUT2D eigenvalue weighted by molar-refractivity contribution is 5.38. The molecule has 1 heterocycles. The van der Waals surface area contributed by atoms with Crippen molar-refractivity contribution in [3.8, 4) is 0 Å². The predicted molar refractivity (Wildman–Crippen MR) is 59.6 cm³/mol. The van der Waals surface area contributed by atoms with Crippen LogP contribution < -0.4 is 10.6 Å². The molecular formula is C10H18N4O. The average Bonchev–Trinajstić information content (AvgIpc) is 2.30. The van der Waals surface area contributed by atoms with E-state index in [1.165, 1.54) is 6.33 Å². The summed E-state index contributed by atoms with van der Waals surface area (Å²) in [5, 5.41) is 9.55. The summed E-state index contributed by atoms with van der Waals surface area (Å²) >= 11 is 0. The van der Waals surface area contributed by atoms with Gasteiger partial charge in [-0.1, -0.05) is 0 Å². The third-order valence-corrected chi connectivity index (χ3v) is 2.33. The van der Waals surface area contributed by atoms with Crippen LogP contribution in [0, 0.1) is 0 Å². The fourth-order valence-electron chi connectivity index (χ4n) is 1.39. The molecule has 0 amide bonds. The van der Waals surface area contributed by atoms with Gasteiger partial charge in [-0.2, -0.15) is 0 Å². The van der Waals surface area contributed by atoms with E-state index in [2.05, 4.69) is 28.7 Å². The van der Waals surface area contributed by atoms with Gasteiger partial charge in [-0.15, -0.1) is 0 Å². The van der Waals surface area contributed by atoms with E-state index in [9.17, 15) is 5.11 Å². The monoisotopic (exact) mass is 210 g/mol. The van der Waals surface area contributed by atoms with E-state index < -0.39 is 6.10 Å². The highest BCUT2D eigenvalue weighted by Gasteiger charge is 2.10. The minimum Gasteiger partial charge on any atom is -0.385 e. The molecule has 1 rings (SSSR count). The van der Waals surface area contributed by atoms with Crippen LogP contribution in [0.2, 0.25) is 0 Å². The van der Waals surface area contributed by atoms with E-state index in [1.54, 1.807) is 6.07 Å². The number of anilines is 1. The smallest absolute Gasteiger partial charge is 0.132 e. The quantitative estimate of drug-likeness (QED) is 0.731. The van der Waals surface area contributed by atoms with Gasteiger partial charge in [-0.05, 0) is 13.8 Å². The molecule has 0 bridgehead atoms. The molecule has 1 aromatic heterocycles. The lowest BCUT2D eigenvalue weighted by atomic mass is 10.2. The Labute approximate surface area is 90.0 Å². The summed E-state index contributed by atoms with van der Waals surface area (Å²) in [4.78, 5) is 10.2.